The number of nitrogens with two attached hydrogens (primary N) is 1. The van der Waals surface area contributed by atoms with Crippen LogP contribution in [-0.4, -0.2) is 8.42 Å². The van der Waals surface area contributed by atoms with Crippen LogP contribution in [0.4, 0.5) is 0 Å². The minimum Gasteiger partial charge on any atom is -0.443 e. The third kappa shape index (κ3) is 1.77. The Labute approximate surface area is 85.2 Å². The van der Waals surface area contributed by atoms with Gasteiger partial charge in [-0.15, -0.1) is 0 Å². The monoisotopic (exact) mass is 225 g/mol. The predicted molar refractivity (Wildman–Crippen MR) is 53.9 cm³/mol. The molecule has 0 aliphatic carbocycles. The molecule has 0 radical (unpaired) electrons. The molecule has 5 nitrogen and oxygen atoms in total. The van der Waals surface area contributed by atoms with E-state index in [0.29, 0.717) is 5.39 Å². The second-order valence-electron chi connectivity index (χ2n) is 2.97. The van der Waals surface area contributed by atoms with Crippen molar-refractivity contribution in [3.8, 4) is 0 Å². The fourth-order valence-corrected chi connectivity index (χ4v) is 1.70. The molecule has 0 saturated heterocycles. The van der Waals surface area contributed by atoms with Gasteiger partial charge in [-0.25, -0.2) is 13.6 Å². The van der Waals surface area contributed by atoms with E-state index in [1.54, 1.807) is 18.2 Å². The Hall–Kier alpha value is -1.66. The van der Waals surface area contributed by atoms with Crippen LogP contribution < -0.4 is 10.6 Å². The molecule has 15 heavy (non-hydrogen) atoms. The number of para-hydroxylation sites is 1. The Kier molecular flexibility index (Phi) is 2.09. The van der Waals surface area contributed by atoms with Crippen molar-refractivity contribution in [1.29, 1.82) is 0 Å². The summed E-state index contributed by atoms with van der Waals surface area (Å²) in [7, 11) is -3.98. The molecule has 6 heteroatoms. The van der Waals surface area contributed by atoms with Crippen LogP contribution in [0.15, 0.2) is 44.6 Å². The minimum atomic E-state index is -3.98. The summed E-state index contributed by atoms with van der Waals surface area (Å²) in [5.41, 5.74) is -0.227. The molecule has 1 aromatic heterocycles. The average molecular weight is 225 g/mol. The lowest BCUT2D eigenvalue weighted by Crippen LogP contribution is -2.15. The molecule has 0 aliphatic heterocycles. The molecule has 0 spiro atoms. The van der Waals surface area contributed by atoms with Crippen LogP contribution >= 0.6 is 0 Å². The van der Waals surface area contributed by atoms with Crippen LogP contribution in [-0.2, 0) is 10.0 Å². The maximum atomic E-state index is 11.5. The van der Waals surface area contributed by atoms with E-state index < -0.39 is 20.5 Å². The van der Waals surface area contributed by atoms with E-state index in [1.807, 2.05) is 0 Å². The Morgan fingerprint density at radius 1 is 1.20 bits per heavy atom. The summed E-state index contributed by atoms with van der Waals surface area (Å²) in [6.07, 6.45) is 0. The molecule has 0 fully saturated rings. The van der Waals surface area contributed by atoms with Gasteiger partial charge in [-0.1, -0.05) is 12.1 Å². The summed E-state index contributed by atoms with van der Waals surface area (Å²) < 4.78 is 26.9. The van der Waals surface area contributed by atoms with Crippen molar-refractivity contribution < 1.29 is 12.8 Å². The number of primary sulfonamides is 1. The van der Waals surface area contributed by atoms with E-state index in [-0.39, 0.29) is 5.58 Å². The summed E-state index contributed by atoms with van der Waals surface area (Å²) in [5, 5.41) is 4.66. The zero-order valence-corrected chi connectivity index (χ0v) is 8.32. The Morgan fingerprint density at radius 2 is 1.87 bits per heavy atom. The van der Waals surface area contributed by atoms with Crippen LogP contribution in [0.3, 0.4) is 0 Å². The highest BCUT2D eigenvalue weighted by molar-refractivity contribution is 7.89. The number of hydrogen-bond donors (Lipinski definition) is 1. The zero-order chi connectivity index (χ0) is 11.1. The number of rotatable bonds is 1. The van der Waals surface area contributed by atoms with Gasteiger partial charge < -0.3 is 4.42 Å². The lowest BCUT2D eigenvalue weighted by Gasteiger charge is -1.99. The lowest BCUT2D eigenvalue weighted by molar-refractivity contribution is 0.470. The first-order valence-electron chi connectivity index (χ1n) is 4.04. The standard InChI is InChI=1S/C9H7NO4S/c10-15(12,13)9-5-7(11)6-3-1-2-4-8(6)14-9/h1-5H,(H2,10,12,13). The Balaban J connectivity index is 2.91. The van der Waals surface area contributed by atoms with E-state index >= 15 is 0 Å². The van der Waals surface area contributed by atoms with Gasteiger partial charge in [0.2, 0.25) is 5.09 Å². The van der Waals surface area contributed by atoms with Crippen LogP contribution in [0, 0.1) is 0 Å². The van der Waals surface area contributed by atoms with Gasteiger partial charge in [0, 0.05) is 6.07 Å². The van der Waals surface area contributed by atoms with E-state index in [4.69, 9.17) is 9.56 Å². The summed E-state index contributed by atoms with van der Waals surface area (Å²) in [5.74, 6) is 0. The first-order valence-corrected chi connectivity index (χ1v) is 5.59. The molecule has 2 N–H and O–H groups in total. The zero-order valence-electron chi connectivity index (χ0n) is 7.51. The molecule has 0 saturated carbocycles. The fraction of sp³-hybridized carbons (Fsp3) is 0. The van der Waals surface area contributed by atoms with Gasteiger partial charge in [-0.3, -0.25) is 4.79 Å². The smallest absolute Gasteiger partial charge is 0.271 e. The van der Waals surface area contributed by atoms with Gasteiger partial charge >= 0.3 is 0 Å². The van der Waals surface area contributed by atoms with Gasteiger partial charge in [-0.05, 0) is 12.1 Å². The van der Waals surface area contributed by atoms with Crippen molar-refractivity contribution in [2.75, 3.05) is 0 Å². The molecule has 2 aromatic rings. The summed E-state index contributed by atoms with van der Waals surface area (Å²) in [6.45, 7) is 0. The average Bonchev–Trinajstić information content (AvgIpc) is 2.16. The second kappa shape index (κ2) is 3.18. The third-order valence-electron chi connectivity index (χ3n) is 1.89. The molecule has 1 aromatic carbocycles. The van der Waals surface area contributed by atoms with Crippen LogP contribution in [0.1, 0.15) is 0 Å². The number of fused-ring (bicyclic) bond motifs is 1. The van der Waals surface area contributed by atoms with Gasteiger partial charge in [-0.2, -0.15) is 0 Å². The highest BCUT2D eigenvalue weighted by Gasteiger charge is 2.13. The van der Waals surface area contributed by atoms with Gasteiger partial charge in [0.25, 0.3) is 10.0 Å². The van der Waals surface area contributed by atoms with Crippen LogP contribution in [0.5, 0.6) is 0 Å². The molecule has 0 unspecified atom stereocenters. The Morgan fingerprint density at radius 3 is 2.53 bits per heavy atom. The Bertz CT molecular complexity index is 672. The second-order valence-corrected chi connectivity index (χ2v) is 4.46. The van der Waals surface area contributed by atoms with Crippen molar-refractivity contribution >= 4 is 21.0 Å². The molecule has 0 amide bonds. The summed E-state index contributed by atoms with van der Waals surface area (Å²) in [6, 6.07) is 7.23. The van der Waals surface area contributed by atoms with E-state index in [2.05, 4.69) is 0 Å². The summed E-state index contributed by atoms with van der Waals surface area (Å²) in [4.78, 5) is 11.5. The molecule has 0 bridgehead atoms. The number of benzene rings is 1. The minimum absolute atomic E-state index is 0.203. The van der Waals surface area contributed by atoms with Gasteiger partial charge in [0.15, 0.2) is 5.43 Å². The number of sulfonamides is 1. The lowest BCUT2D eigenvalue weighted by atomic mass is 10.2. The highest BCUT2D eigenvalue weighted by atomic mass is 32.2. The van der Waals surface area contributed by atoms with Crippen LogP contribution in [0.25, 0.3) is 11.0 Å². The molecular weight excluding hydrogens is 218 g/mol. The first-order chi connectivity index (χ1) is 6.98. The van der Waals surface area contributed by atoms with Crippen LogP contribution in [0.2, 0.25) is 0 Å². The van der Waals surface area contributed by atoms with Crippen molar-refractivity contribution in [2.45, 2.75) is 5.09 Å². The maximum Gasteiger partial charge on any atom is 0.271 e. The van der Waals surface area contributed by atoms with Gasteiger partial charge in [0.05, 0.1) is 5.39 Å². The summed E-state index contributed by atoms with van der Waals surface area (Å²) >= 11 is 0. The van der Waals surface area contributed by atoms with Crippen molar-refractivity contribution in [3.05, 3.63) is 40.6 Å². The SMILES string of the molecule is NS(=O)(=O)c1cc(=O)c2ccccc2o1. The van der Waals surface area contributed by atoms with Gasteiger partial charge in [0.1, 0.15) is 5.58 Å². The van der Waals surface area contributed by atoms with Crippen molar-refractivity contribution in [1.82, 2.24) is 0 Å². The van der Waals surface area contributed by atoms with E-state index in [1.165, 1.54) is 6.07 Å². The largest absolute Gasteiger partial charge is 0.443 e. The molecule has 2 rings (SSSR count). The molecule has 78 valence electrons. The quantitative estimate of drug-likeness (QED) is 0.762. The molecule has 0 atom stereocenters. The van der Waals surface area contributed by atoms with E-state index in [0.717, 1.165) is 6.07 Å². The molecule has 0 aliphatic rings. The third-order valence-corrected chi connectivity index (χ3v) is 2.65. The first kappa shape index (κ1) is 9.88. The normalized spacial score (nSPS) is 11.8. The number of hydrogen-bond acceptors (Lipinski definition) is 4. The molecule has 1 heterocycles. The van der Waals surface area contributed by atoms with Crippen molar-refractivity contribution in [2.24, 2.45) is 5.14 Å². The molecular formula is C9H7NO4S. The predicted octanol–water partition coefficient (Wildman–Crippen LogP) is 0.440. The topological polar surface area (TPSA) is 90.4 Å². The fourth-order valence-electron chi connectivity index (χ4n) is 1.22. The van der Waals surface area contributed by atoms with E-state index in [9.17, 15) is 13.2 Å². The highest BCUT2D eigenvalue weighted by Crippen LogP contribution is 2.13. The maximum absolute atomic E-state index is 11.5. The van der Waals surface area contributed by atoms with Crippen molar-refractivity contribution in [3.63, 3.8) is 0 Å².